The minimum atomic E-state index is 0.0348. The molecule has 0 bridgehead atoms. The fourth-order valence-corrected chi connectivity index (χ4v) is 3.11. The summed E-state index contributed by atoms with van der Waals surface area (Å²) < 4.78 is 5.88. The van der Waals surface area contributed by atoms with Crippen molar-refractivity contribution in [3.63, 3.8) is 0 Å². The predicted molar refractivity (Wildman–Crippen MR) is 96.3 cm³/mol. The minimum Gasteiger partial charge on any atom is -0.483 e. The van der Waals surface area contributed by atoms with Gasteiger partial charge in [0.15, 0.2) is 6.61 Å². The first-order valence-electron chi connectivity index (χ1n) is 8.52. The Morgan fingerprint density at radius 1 is 1.12 bits per heavy atom. The molecular formula is C20H19N3O2. The summed E-state index contributed by atoms with van der Waals surface area (Å²) in [6.07, 6.45) is 5.59. The van der Waals surface area contributed by atoms with Crippen molar-refractivity contribution in [2.24, 2.45) is 0 Å². The first-order valence-corrected chi connectivity index (χ1v) is 8.52. The molecule has 0 atom stereocenters. The van der Waals surface area contributed by atoms with Crippen LogP contribution in [-0.2, 0) is 4.79 Å². The average molecular weight is 333 g/mol. The summed E-state index contributed by atoms with van der Waals surface area (Å²) in [5, 5.41) is 0.816. The van der Waals surface area contributed by atoms with Gasteiger partial charge in [-0.15, -0.1) is 0 Å². The van der Waals surface area contributed by atoms with E-state index in [2.05, 4.69) is 4.98 Å². The molecule has 4 rings (SSSR count). The molecule has 1 aliphatic heterocycles. The van der Waals surface area contributed by atoms with E-state index in [1.54, 1.807) is 12.4 Å². The van der Waals surface area contributed by atoms with Crippen molar-refractivity contribution in [1.29, 1.82) is 0 Å². The molecule has 0 spiro atoms. The van der Waals surface area contributed by atoms with Gasteiger partial charge in [-0.1, -0.05) is 30.3 Å². The molecular weight excluding hydrogens is 314 g/mol. The Bertz CT molecular complexity index is 890. The molecule has 5 nitrogen and oxygen atoms in total. The molecule has 0 saturated carbocycles. The number of hydrogen-bond donors (Lipinski definition) is 0. The van der Waals surface area contributed by atoms with Crippen LogP contribution in [0.5, 0.6) is 5.75 Å². The van der Waals surface area contributed by atoms with Gasteiger partial charge in [0, 0.05) is 37.1 Å². The summed E-state index contributed by atoms with van der Waals surface area (Å²) in [7, 11) is 0. The average Bonchev–Trinajstić information content (AvgIpc) is 3.21. The highest BCUT2D eigenvalue weighted by atomic mass is 16.5. The molecule has 0 aliphatic carbocycles. The Hall–Kier alpha value is -2.95. The molecule has 1 aromatic carbocycles. The van der Waals surface area contributed by atoms with Gasteiger partial charge in [0.1, 0.15) is 5.75 Å². The van der Waals surface area contributed by atoms with E-state index in [-0.39, 0.29) is 12.5 Å². The van der Waals surface area contributed by atoms with Crippen LogP contribution in [0.3, 0.4) is 0 Å². The molecule has 0 unspecified atom stereocenters. The van der Waals surface area contributed by atoms with Gasteiger partial charge in [-0.2, -0.15) is 0 Å². The van der Waals surface area contributed by atoms with Gasteiger partial charge in [-0.3, -0.25) is 9.78 Å². The Morgan fingerprint density at radius 2 is 1.92 bits per heavy atom. The molecule has 126 valence electrons. The zero-order valence-corrected chi connectivity index (χ0v) is 13.9. The van der Waals surface area contributed by atoms with Gasteiger partial charge in [-0.25, -0.2) is 4.98 Å². The summed E-state index contributed by atoms with van der Waals surface area (Å²) in [5.41, 5.74) is 2.64. The molecule has 3 heterocycles. The fraction of sp³-hybridized carbons (Fsp3) is 0.250. The molecule has 1 fully saturated rings. The van der Waals surface area contributed by atoms with E-state index in [0.717, 1.165) is 48.1 Å². The number of rotatable bonds is 4. The third-order valence-electron chi connectivity index (χ3n) is 4.45. The molecule has 5 heteroatoms. The Balaban J connectivity index is 1.65. The number of fused-ring (bicyclic) bond motifs is 1. The van der Waals surface area contributed by atoms with E-state index in [9.17, 15) is 4.79 Å². The van der Waals surface area contributed by atoms with Crippen LogP contribution in [0.15, 0.2) is 54.9 Å². The smallest absolute Gasteiger partial charge is 0.260 e. The van der Waals surface area contributed by atoms with E-state index in [1.165, 1.54) is 0 Å². The van der Waals surface area contributed by atoms with Gasteiger partial charge in [0.2, 0.25) is 0 Å². The molecule has 1 amide bonds. The lowest BCUT2D eigenvalue weighted by Gasteiger charge is -2.16. The number of carbonyl (C=O) groups is 1. The zero-order valence-electron chi connectivity index (χ0n) is 13.9. The van der Waals surface area contributed by atoms with Crippen molar-refractivity contribution >= 4 is 16.8 Å². The van der Waals surface area contributed by atoms with Crippen molar-refractivity contribution in [3.8, 4) is 17.0 Å². The van der Waals surface area contributed by atoms with Crippen LogP contribution >= 0.6 is 0 Å². The monoisotopic (exact) mass is 333 g/mol. The number of carbonyl (C=O) groups excluding carboxylic acids is 1. The molecule has 25 heavy (non-hydrogen) atoms. The molecule has 2 aromatic heterocycles. The quantitative estimate of drug-likeness (QED) is 0.735. The van der Waals surface area contributed by atoms with Crippen LogP contribution in [-0.4, -0.2) is 40.5 Å². The highest BCUT2D eigenvalue weighted by Crippen LogP contribution is 2.29. The molecule has 1 saturated heterocycles. The van der Waals surface area contributed by atoms with Crippen molar-refractivity contribution in [2.45, 2.75) is 12.8 Å². The maximum Gasteiger partial charge on any atom is 0.260 e. The van der Waals surface area contributed by atoms with Crippen molar-refractivity contribution in [3.05, 3.63) is 54.9 Å². The normalized spacial score (nSPS) is 14.0. The van der Waals surface area contributed by atoms with Gasteiger partial charge >= 0.3 is 0 Å². The summed E-state index contributed by atoms with van der Waals surface area (Å²) >= 11 is 0. The summed E-state index contributed by atoms with van der Waals surface area (Å²) in [5.74, 6) is 0.678. The van der Waals surface area contributed by atoms with Crippen molar-refractivity contribution < 1.29 is 9.53 Å². The number of amides is 1. The standard InChI is InChI=1S/C20H19N3O2/c24-20(23-10-4-5-11-23)14-25-19-12-18(15-6-2-1-3-7-15)22-17-8-9-21-13-16(17)19/h1-3,6-9,12-13H,4-5,10-11,14H2. The van der Waals surface area contributed by atoms with Crippen LogP contribution < -0.4 is 4.74 Å². The lowest BCUT2D eigenvalue weighted by Crippen LogP contribution is -2.32. The van der Waals surface area contributed by atoms with Crippen molar-refractivity contribution in [2.75, 3.05) is 19.7 Å². The second kappa shape index (κ2) is 6.89. The van der Waals surface area contributed by atoms with Crippen LogP contribution in [0.1, 0.15) is 12.8 Å². The number of hydrogen-bond acceptors (Lipinski definition) is 4. The van der Waals surface area contributed by atoms with E-state index in [1.807, 2.05) is 47.4 Å². The third kappa shape index (κ3) is 3.31. The fourth-order valence-electron chi connectivity index (χ4n) is 3.11. The summed E-state index contributed by atoms with van der Waals surface area (Å²) in [4.78, 5) is 23.0. The topological polar surface area (TPSA) is 55.3 Å². The van der Waals surface area contributed by atoms with Crippen LogP contribution in [0.25, 0.3) is 22.2 Å². The maximum atomic E-state index is 12.3. The number of ether oxygens (including phenoxy) is 1. The minimum absolute atomic E-state index is 0.0348. The number of benzene rings is 1. The van der Waals surface area contributed by atoms with Crippen LogP contribution in [0, 0.1) is 0 Å². The number of nitrogens with zero attached hydrogens (tertiary/aromatic N) is 3. The second-order valence-corrected chi connectivity index (χ2v) is 6.14. The van der Waals surface area contributed by atoms with E-state index in [0.29, 0.717) is 5.75 Å². The van der Waals surface area contributed by atoms with Gasteiger partial charge in [-0.05, 0) is 18.9 Å². The molecule has 3 aromatic rings. The highest BCUT2D eigenvalue weighted by molar-refractivity contribution is 5.87. The van der Waals surface area contributed by atoms with E-state index >= 15 is 0 Å². The number of likely N-dealkylation sites (tertiary alicyclic amines) is 1. The Kier molecular flexibility index (Phi) is 4.29. The first kappa shape index (κ1) is 15.6. The summed E-state index contributed by atoms with van der Waals surface area (Å²) in [6, 6.07) is 13.7. The molecule has 0 N–H and O–H groups in total. The van der Waals surface area contributed by atoms with Gasteiger partial charge in [0.05, 0.1) is 16.6 Å². The maximum absolute atomic E-state index is 12.3. The van der Waals surface area contributed by atoms with Crippen LogP contribution in [0.2, 0.25) is 0 Å². The van der Waals surface area contributed by atoms with Crippen LogP contribution in [0.4, 0.5) is 0 Å². The lowest BCUT2D eigenvalue weighted by atomic mass is 10.1. The second-order valence-electron chi connectivity index (χ2n) is 6.14. The zero-order chi connectivity index (χ0) is 17.1. The van der Waals surface area contributed by atoms with E-state index in [4.69, 9.17) is 9.72 Å². The van der Waals surface area contributed by atoms with Crippen molar-refractivity contribution in [1.82, 2.24) is 14.9 Å². The lowest BCUT2D eigenvalue weighted by molar-refractivity contribution is -0.132. The summed E-state index contributed by atoms with van der Waals surface area (Å²) in [6.45, 7) is 1.70. The highest BCUT2D eigenvalue weighted by Gasteiger charge is 2.19. The van der Waals surface area contributed by atoms with E-state index < -0.39 is 0 Å². The number of aromatic nitrogens is 2. The van der Waals surface area contributed by atoms with Gasteiger partial charge in [0.25, 0.3) is 5.91 Å². The first-order chi connectivity index (χ1) is 12.3. The third-order valence-corrected chi connectivity index (χ3v) is 4.45. The predicted octanol–water partition coefficient (Wildman–Crippen LogP) is 3.30. The number of pyridine rings is 2. The molecule has 0 radical (unpaired) electrons. The SMILES string of the molecule is O=C(COc1cc(-c2ccccc2)nc2ccncc12)N1CCCC1. The largest absolute Gasteiger partial charge is 0.483 e. The Morgan fingerprint density at radius 3 is 2.72 bits per heavy atom. The molecule has 1 aliphatic rings. The van der Waals surface area contributed by atoms with Gasteiger partial charge < -0.3 is 9.64 Å². The Labute approximate surface area is 146 Å².